The van der Waals surface area contributed by atoms with Crippen molar-refractivity contribution in [3.63, 3.8) is 0 Å². The molecule has 2 amide bonds. The molecule has 152 valence electrons. The van der Waals surface area contributed by atoms with Crippen molar-refractivity contribution in [3.8, 4) is 0 Å². The molecular formula is C22H23BrN2O4. The van der Waals surface area contributed by atoms with Gasteiger partial charge in [-0.1, -0.05) is 46.3 Å². The molecule has 1 aliphatic heterocycles. The highest BCUT2D eigenvalue weighted by Gasteiger charge is 2.38. The summed E-state index contributed by atoms with van der Waals surface area (Å²) in [5.74, 6) is -1.59. The molecule has 2 atom stereocenters. The Balaban J connectivity index is 1.51. The van der Waals surface area contributed by atoms with Crippen LogP contribution in [0.1, 0.15) is 30.5 Å². The van der Waals surface area contributed by atoms with Crippen molar-refractivity contribution in [2.75, 3.05) is 18.5 Å². The third-order valence-electron chi connectivity index (χ3n) is 5.03. The molecule has 1 fully saturated rings. The minimum atomic E-state index is -0.559. The molecule has 3 rings (SSSR count). The van der Waals surface area contributed by atoms with E-state index in [1.807, 2.05) is 56.3 Å². The lowest BCUT2D eigenvalue weighted by Crippen LogP contribution is -2.30. The van der Waals surface area contributed by atoms with Crippen LogP contribution in [0.25, 0.3) is 0 Å². The molecule has 0 spiro atoms. The van der Waals surface area contributed by atoms with E-state index in [1.54, 1.807) is 11.0 Å². The molecule has 0 unspecified atom stereocenters. The SMILES string of the molecule is Cc1cc(NC(=O)COC(=O)[C@H]2CC(=O)N([C@H](C)c3ccccc3)C2)ccc1Br. The van der Waals surface area contributed by atoms with Crippen LogP contribution in [0, 0.1) is 12.8 Å². The van der Waals surface area contributed by atoms with Crippen LogP contribution in [-0.4, -0.2) is 35.8 Å². The van der Waals surface area contributed by atoms with E-state index in [0.29, 0.717) is 12.2 Å². The van der Waals surface area contributed by atoms with Gasteiger partial charge in [0.1, 0.15) is 0 Å². The Hall–Kier alpha value is -2.67. The van der Waals surface area contributed by atoms with Gasteiger partial charge in [0.15, 0.2) is 6.61 Å². The van der Waals surface area contributed by atoms with Gasteiger partial charge in [0.2, 0.25) is 5.91 Å². The Labute approximate surface area is 178 Å². The molecule has 0 saturated carbocycles. The molecule has 0 radical (unpaired) electrons. The van der Waals surface area contributed by atoms with Crippen LogP contribution in [0.15, 0.2) is 53.0 Å². The molecule has 1 heterocycles. The monoisotopic (exact) mass is 458 g/mol. The predicted octanol–water partition coefficient (Wildman–Crippen LogP) is 3.85. The van der Waals surface area contributed by atoms with Crippen molar-refractivity contribution >= 4 is 39.4 Å². The number of esters is 1. The van der Waals surface area contributed by atoms with Crippen LogP contribution in [0.5, 0.6) is 0 Å². The number of hydrogen-bond donors (Lipinski definition) is 1. The van der Waals surface area contributed by atoms with Gasteiger partial charge in [-0.25, -0.2) is 0 Å². The number of amides is 2. The first-order valence-corrected chi connectivity index (χ1v) is 10.2. The lowest BCUT2D eigenvalue weighted by Gasteiger charge is -2.25. The zero-order chi connectivity index (χ0) is 21.0. The number of aryl methyl sites for hydroxylation is 1. The molecule has 6 nitrogen and oxygen atoms in total. The molecule has 0 aliphatic carbocycles. The van der Waals surface area contributed by atoms with E-state index in [9.17, 15) is 14.4 Å². The highest BCUT2D eigenvalue weighted by Crippen LogP contribution is 2.29. The summed E-state index contributed by atoms with van der Waals surface area (Å²) in [6.45, 7) is 3.77. The standard InChI is InChI=1S/C22H23BrN2O4/c1-14-10-18(8-9-19(14)23)24-20(26)13-29-22(28)17-11-21(27)25(12-17)15(2)16-6-4-3-5-7-16/h3-10,15,17H,11-13H2,1-2H3,(H,24,26)/t15-,17+/m1/s1. The summed E-state index contributed by atoms with van der Waals surface area (Å²) in [7, 11) is 0. The van der Waals surface area contributed by atoms with Gasteiger partial charge >= 0.3 is 5.97 Å². The zero-order valence-corrected chi connectivity index (χ0v) is 17.9. The Morgan fingerprint density at radius 1 is 1.24 bits per heavy atom. The summed E-state index contributed by atoms with van der Waals surface area (Å²) in [5, 5.41) is 2.70. The largest absolute Gasteiger partial charge is 0.455 e. The number of halogens is 1. The fraction of sp³-hybridized carbons (Fsp3) is 0.318. The van der Waals surface area contributed by atoms with Gasteiger partial charge < -0.3 is 15.0 Å². The average Bonchev–Trinajstić information content (AvgIpc) is 3.11. The number of carbonyl (C=O) groups is 3. The highest BCUT2D eigenvalue weighted by atomic mass is 79.9. The molecule has 7 heteroatoms. The van der Waals surface area contributed by atoms with Gasteiger partial charge in [0.25, 0.3) is 5.91 Å². The number of ether oxygens (including phenoxy) is 1. The number of nitrogens with zero attached hydrogens (tertiary/aromatic N) is 1. The minimum absolute atomic E-state index is 0.0851. The first kappa shape index (κ1) is 21.0. The number of hydrogen-bond acceptors (Lipinski definition) is 4. The third kappa shape index (κ3) is 5.23. The third-order valence-corrected chi connectivity index (χ3v) is 5.92. The molecule has 2 aromatic carbocycles. The summed E-state index contributed by atoms with van der Waals surface area (Å²) in [6.07, 6.45) is 0.101. The van der Waals surface area contributed by atoms with E-state index in [0.717, 1.165) is 15.6 Å². The highest BCUT2D eigenvalue weighted by molar-refractivity contribution is 9.10. The van der Waals surface area contributed by atoms with Crippen molar-refractivity contribution in [1.29, 1.82) is 0 Å². The molecule has 29 heavy (non-hydrogen) atoms. The van der Waals surface area contributed by atoms with Gasteiger partial charge in [0.05, 0.1) is 12.0 Å². The van der Waals surface area contributed by atoms with E-state index < -0.39 is 17.8 Å². The van der Waals surface area contributed by atoms with Gasteiger partial charge in [-0.15, -0.1) is 0 Å². The normalized spacial score (nSPS) is 17.1. The lowest BCUT2D eigenvalue weighted by atomic mass is 10.1. The van der Waals surface area contributed by atoms with Crippen LogP contribution in [0.4, 0.5) is 5.69 Å². The Bertz CT molecular complexity index is 916. The lowest BCUT2D eigenvalue weighted by molar-refractivity contribution is -0.151. The number of anilines is 1. The Kier molecular flexibility index (Phi) is 6.69. The topological polar surface area (TPSA) is 75.7 Å². The quantitative estimate of drug-likeness (QED) is 0.666. The number of rotatable bonds is 6. The maximum absolute atomic E-state index is 12.4. The van der Waals surface area contributed by atoms with Crippen molar-refractivity contribution < 1.29 is 19.1 Å². The molecule has 1 aliphatic rings. The summed E-state index contributed by atoms with van der Waals surface area (Å²) in [4.78, 5) is 38.5. The van der Waals surface area contributed by atoms with Crippen molar-refractivity contribution in [1.82, 2.24) is 4.90 Å². The first-order chi connectivity index (χ1) is 13.8. The smallest absolute Gasteiger partial charge is 0.311 e. The zero-order valence-electron chi connectivity index (χ0n) is 16.4. The van der Waals surface area contributed by atoms with Crippen molar-refractivity contribution in [2.45, 2.75) is 26.3 Å². The maximum atomic E-state index is 12.4. The second kappa shape index (κ2) is 9.22. The molecule has 2 aromatic rings. The van der Waals surface area contributed by atoms with Crippen molar-refractivity contribution in [2.24, 2.45) is 5.92 Å². The molecule has 0 aromatic heterocycles. The van der Waals surface area contributed by atoms with Crippen LogP contribution < -0.4 is 5.32 Å². The van der Waals surface area contributed by atoms with Gasteiger partial charge in [-0.05, 0) is 43.2 Å². The molecule has 1 N–H and O–H groups in total. The Morgan fingerprint density at radius 3 is 2.66 bits per heavy atom. The average molecular weight is 459 g/mol. The van der Waals surface area contributed by atoms with Gasteiger partial charge in [-0.2, -0.15) is 0 Å². The summed E-state index contributed by atoms with van der Waals surface area (Å²) in [5.41, 5.74) is 2.63. The number of carbonyl (C=O) groups excluding carboxylic acids is 3. The minimum Gasteiger partial charge on any atom is -0.455 e. The summed E-state index contributed by atoms with van der Waals surface area (Å²) < 4.78 is 6.10. The fourth-order valence-corrected chi connectivity index (χ4v) is 3.60. The van der Waals surface area contributed by atoms with Crippen LogP contribution in [0.2, 0.25) is 0 Å². The van der Waals surface area contributed by atoms with Gasteiger partial charge in [0, 0.05) is 23.1 Å². The maximum Gasteiger partial charge on any atom is 0.311 e. The van der Waals surface area contributed by atoms with Crippen LogP contribution in [0.3, 0.4) is 0 Å². The fourth-order valence-electron chi connectivity index (χ4n) is 3.35. The second-order valence-corrected chi connectivity index (χ2v) is 8.01. The van der Waals surface area contributed by atoms with E-state index in [-0.39, 0.29) is 25.0 Å². The predicted molar refractivity (Wildman–Crippen MR) is 113 cm³/mol. The molecular weight excluding hydrogens is 436 g/mol. The Morgan fingerprint density at radius 2 is 1.97 bits per heavy atom. The van der Waals surface area contributed by atoms with Gasteiger partial charge in [-0.3, -0.25) is 14.4 Å². The number of nitrogens with one attached hydrogen (secondary N) is 1. The number of likely N-dealkylation sites (tertiary alicyclic amines) is 1. The van der Waals surface area contributed by atoms with E-state index in [2.05, 4.69) is 21.2 Å². The number of benzene rings is 2. The van der Waals surface area contributed by atoms with E-state index >= 15 is 0 Å². The van der Waals surface area contributed by atoms with Crippen LogP contribution >= 0.6 is 15.9 Å². The van der Waals surface area contributed by atoms with E-state index in [4.69, 9.17) is 4.74 Å². The molecule has 1 saturated heterocycles. The van der Waals surface area contributed by atoms with E-state index in [1.165, 1.54) is 0 Å². The summed E-state index contributed by atoms with van der Waals surface area (Å²) >= 11 is 3.40. The summed E-state index contributed by atoms with van der Waals surface area (Å²) in [6, 6.07) is 15.0. The first-order valence-electron chi connectivity index (χ1n) is 9.42. The second-order valence-electron chi connectivity index (χ2n) is 7.15. The molecule has 0 bridgehead atoms. The van der Waals surface area contributed by atoms with Crippen molar-refractivity contribution in [3.05, 3.63) is 64.1 Å². The van der Waals surface area contributed by atoms with Crippen LogP contribution in [-0.2, 0) is 19.1 Å².